The topological polar surface area (TPSA) is 95.9 Å². The minimum Gasteiger partial charge on any atom is -0.457 e. The quantitative estimate of drug-likeness (QED) is 0.653. The van der Waals surface area contributed by atoms with E-state index in [4.69, 9.17) is 9.84 Å². The average molecular weight is 407 g/mol. The van der Waals surface area contributed by atoms with Gasteiger partial charge in [-0.25, -0.2) is 17.5 Å². The van der Waals surface area contributed by atoms with Crippen molar-refractivity contribution in [2.45, 2.75) is 25.3 Å². The number of aliphatic hydroxyl groups excluding tert-OH is 1. The molecule has 0 aliphatic heterocycles. The van der Waals surface area contributed by atoms with Crippen molar-refractivity contribution < 1.29 is 23.1 Å². The molecule has 0 spiro atoms. The van der Waals surface area contributed by atoms with Crippen molar-refractivity contribution in [1.82, 2.24) is 4.31 Å². The number of hydrogen-bond donors (Lipinski definition) is 2. The molecule has 2 aromatic rings. The maximum Gasteiger partial charge on any atom is 0.340 e. The molecule has 0 saturated heterocycles. The minimum atomic E-state index is -3.70. The Hall–Kier alpha value is -2.42. The molecule has 0 atom stereocenters. The number of rotatable bonds is 8. The van der Waals surface area contributed by atoms with Crippen LogP contribution in [0.1, 0.15) is 27.0 Å². The van der Waals surface area contributed by atoms with Gasteiger partial charge in [0.15, 0.2) is 0 Å². The molecule has 2 N–H and O–H groups in total. The first kappa shape index (κ1) is 21.9. The fourth-order valence-corrected chi connectivity index (χ4v) is 3.51. The van der Waals surface area contributed by atoms with Crippen LogP contribution in [0.4, 0.5) is 5.69 Å². The van der Waals surface area contributed by atoms with Crippen molar-refractivity contribution in [3.8, 4) is 0 Å². The molecule has 2 rings (SSSR count). The zero-order chi connectivity index (χ0) is 20.9. The van der Waals surface area contributed by atoms with Gasteiger partial charge in [-0.05, 0) is 43.2 Å². The second-order valence-electron chi connectivity index (χ2n) is 6.65. The van der Waals surface area contributed by atoms with E-state index in [-0.39, 0.29) is 30.2 Å². The number of anilines is 1. The summed E-state index contributed by atoms with van der Waals surface area (Å²) in [6.07, 6.45) is 0. The third-order valence-corrected chi connectivity index (χ3v) is 6.09. The van der Waals surface area contributed by atoms with Gasteiger partial charge in [0.25, 0.3) is 0 Å². The Bertz CT molecular complexity index is 955. The highest BCUT2D eigenvalue weighted by Gasteiger charge is 2.22. The van der Waals surface area contributed by atoms with E-state index in [1.54, 1.807) is 0 Å². The van der Waals surface area contributed by atoms with Crippen LogP contribution in [0.15, 0.2) is 41.3 Å². The predicted molar refractivity (Wildman–Crippen MR) is 108 cm³/mol. The van der Waals surface area contributed by atoms with E-state index in [0.717, 1.165) is 21.0 Å². The third kappa shape index (κ3) is 5.09. The standard InChI is InChI=1S/C20H26N2O5S/c1-14-5-6-15(2)16(11-14)13-27-20(24)18-12-17(28(25,26)22(3)4)7-8-19(18)21-9-10-23/h5-8,11-12,21,23H,9-10,13H2,1-4H3. The summed E-state index contributed by atoms with van der Waals surface area (Å²) in [5.41, 5.74) is 3.44. The highest BCUT2D eigenvalue weighted by Crippen LogP contribution is 2.24. The first-order valence-corrected chi connectivity index (χ1v) is 10.3. The highest BCUT2D eigenvalue weighted by molar-refractivity contribution is 7.89. The monoisotopic (exact) mass is 406 g/mol. The van der Waals surface area contributed by atoms with Crippen molar-refractivity contribution in [2.75, 3.05) is 32.6 Å². The van der Waals surface area contributed by atoms with Crippen LogP contribution in [0, 0.1) is 13.8 Å². The Kier molecular flexibility index (Phi) is 7.17. The van der Waals surface area contributed by atoms with Crippen molar-refractivity contribution in [1.29, 1.82) is 0 Å². The molecule has 0 aliphatic carbocycles. The van der Waals surface area contributed by atoms with E-state index in [1.165, 1.54) is 32.3 Å². The number of hydrogen-bond acceptors (Lipinski definition) is 6. The molecule has 0 amide bonds. The average Bonchev–Trinajstić information content (AvgIpc) is 2.66. The van der Waals surface area contributed by atoms with Crippen molar-refractivity contribution >= 4 is 21.7 Å². The molecular weight excluding hydrogens is 380 g/mol. The van der Waals surface area contributed by atoms with Crippen molar-refractivity contribution in [3.05, 3.63) is 58.7 Å². The number of carbonyl (C=O) groups is 1. The van der Waals surface area contributed by atoms with Gasteiger partial charge in [-0.15, -0.1) is 0 Å². The lowest BCUT2D eigenvalue weighted by Gasteiger charge is -2.16. The summed E-state index contributed by atoms with van der Waals surface area (Å²) < 4.78 is 31.3. The molecule has 0 aliphatic rings. The first-order chi connectivity index (χ1) is 13.2. The predicted octanol–water partition coefficient (Wildman–Crippen LogP) is 2.31. The summed E-state index contributed by atoms with van der Waals surface area (Å²) in [5.74, 6) is -0.642. The van der Waals surface area contributed by atoms with Gasteiger partial charge in [0.1, 0.15) is 6.61 Å². The van der Waals surface area contributed by atoms with Crippen LogP contribution in [-0.4, -0.2) is 51.0 Å². The summed E-state index contributed by atoms with van der Waals surface area (Å²) in [6.45, 7) is 4.06. The Morgan fingerprint density at radius 2 is 1.86 bits per heavy atom. The van der Waals surface area contributed by atoms with Crippen LogP contribution in [0.5, 0.6) is 0 Å². The summed E-state index contributed by atoms with van der Waals surface area (Å²) in [6, 6.07) is 10.1. The molecule has 0 aromatic heterocycles. The van der Waals surface area contributed by atoms with Crippen LogP contribution in [0.2, 0.25) is 0 Å². The number of aryl methyl sites for hydroxylation is 2. The molecule has 28 heavy (non-hydrogen) atoms. The minimum absolute atomic E-state index is 0.00858. The summed E-state index contributed by atoms with van der Waals surface area (Å²) in [5, 5.41) is 12.0. The number of benzene rings is 2. The second kappa shape index (κ2) is 9.18. The van der Waals surface area contributed by atoms with E-state index < -0.39 is 16.0 Å². The van der Waals surface area contributed by atoms with Crippen LogP contribution in [0.25, 0.3) is 0 Å². The largest absolute Gasteiger partial charge is 0.457 e. The summed E-state index contributed by atoms with van der Waals surface area (Å²) in [7, 11) is -0.856. The van der Waals surface area contributed by atoms with Crippen LogP contribution < -0.4 is 5.32 Å². The van der Waals surface area contributed by atoms with Crippen LogP contribution in [0.3, 0.4) is 0 Å². The Morgan fingerprint density at radius 1 is 1.14 bits per heavy atom. The SMILES string of the molecule is Cc1ccc(C)c(COC(=O)c2cc(S(=O)(=O)N(C)C)ccc2NCCO)c1. The normalized spacial score (nSPS) is 11.5. The number of esters is 1. The first-order valence-electron chi connectivity index (χ1n) is 8.81. The zero-order valence-electron chi connectivity index (χ0n) is 16.5. The van der Waals surface area contributed by atoms with Crippen LogP contribution >= 0.6 is 0 Å². The maximum atomic E-state index is 12.7. The fourth-order valence-electron chi connectivity index (χ4n) is 2.59. The molecule has 152 valence electrons. The van der Waals surface area contributed by atoms with Gasteiger partial charge in [-0.1, -0.05) is 23.8 Å². The van der Waals surface area contributed by atoms with E-state index in [9.17, 15) is 13.2 Å². The van der Waals surface area contributed by atoms with Gasteiger partial charge < -0.3 is 15.2 Å². The lowest BCUT2D eigenvalue weighted by atomic mass is 10.1. The maximum absolute atomic E-state index is 12.7. The van der Waals surface area contributed by atoms with Gasteiger partial charge in [0.05, 0.1) is 17.1 Å². The molecule has 0 radical (unpaired) electrons. The van der Waals surface area contributed by atoms with Crippen molar-refractivity contribution in [2.24, 2.45) is 0 Å². The lowest BCUT2D eigenvalue weighted by molar-refractivity contribution is 0.0473. The van der Waals surface area contributed by atoms with E-state index >= 15 is 0 Å². The van der Waals surface area contributed by atoms with E-state index in [0.29, 0.717) is 5.69 Å². The molecule has 0 bridgehead atoms. The van der Waals surface area contributed by atoms with Gasteiger partial charge in [-0.2, -0.15) is 0 Å². The number of nitrogens with one attached hydrogen (secondary N) is 1. The molecule has 8 heteroatoms. The Morgan fingerprint density at radius 3 is 2.50 bits per heavy atom. The molecule has 0 unspecified atom stereocenters. The number of nitrogens with zero attached hydrogens (tertiary/aromatic N) is 1. The van der Waals surface area contributed by atoms with Gasteiger partial charge in [0, 0.05) is 26.3 Å². The molecular formula is C20H26N2O5S. The molecule has 0 heterocycles. The van der Waals surface area contributed by atoms with Crippen molar-refractivity contribution in [3.63, 3.8) is 0 Å². The van der Waals surface area contributed by atoms with E-state index in [2.05, 4.69) is 5.32 Å². The van der Waals surface area contributed by atoms with Gasteiger partial charge in [0.2, 0.25) is 10.0 Å². The second-order valence-corrected chi connectivity index (χ2v) is 8.80. The van der Waals surface area contributed by atoms with Crippen LogP contribution in [-0.2, 0) is 21.4 Å². The molecule has 0 saturated carbocycles. The van der Waals surface area contributed by atoms with Gasteiger partial charge >= 0.3 is 5.97 Å². The number of sulfonamides is 1. The smallest absolute Gasteiger partial charge is 0.340 e. The number of aliphatic hydroxyl groups is 1. The molecule has 7 nitrogen and oxygen atoms in total. The zero-order valence-corrected chi connectivity index (χ0v) is 17.3. The number of ether oxygens (including phenoxy) is 1. The summed E-state index contributed by atoms with van der Waals surface area (Å²) in [4.78, 5) is 12.7. The fraction of sp³-hybridized carbons (Fsp3) is 0.350. The highest BCUT2D eigenvalue weighted by atomic mass is 32.2. The van der Waals surface area contributed by atoms with E-state index in [1.807, 2.05) is 32.0 Å². The molecule has 0 fully saturated rings. The lowest BCUT2D eigenvalue weighted by Crippen LogP contribution is -2.23. The summed E-state index contributed by atoms with van der Waals surface area (Å²) >= 11 is 0. The van der Waals surface area contributed by atoms with Gasteiger partial charge in [-0.3, -0.25) is 0 Å². The Labute approximate surface area is 166 Å². The molecule has 2 aromatic carbocycles. The Balaban J connectivity index is 2.34. The third-order valence-electron chi connectivity index (χ3n) is 4.28. The number of carbonyl (C=O) groups excluding carboxylic acids is 1.